The minimum absolute atomic E-state index is 0.0169. The second-order valence-corrected chi connectivity index (χ2v) is 7.83. The molecule has 0 fully saturated rings. The van der Waals surface area contributed by atoms with Crippen LogP contribution < -0.4 is 10.1 Å². The van der Waals surface area contributed by atoms with Gasteiger partial charge in [-0.3, -0.25) is 14.9 Å². The number of ketones is 1. The van der Waals surface area contributed by atoms with Crippen LogP contribution in [-0.4, -0.2) is 23.3 Å². The highest BCUT2D eigenvalue weighted by molar-refractivity contribution is 7.15. The lowest BCUT2D eigenvalue weighted by atomic mass is 10.1. The molecule has 28 heavy (non-hydrogen) atoms. The van der Waals surface area contributed by atoms with E-state index in [1.807, 2.05) is 25.1 Å². The molecule has 2 aromatic carbocycles. The van der Waals surface area contributed by atoms with Crippen LogP contribution in [0.5, 0.6) is 5.75 Å². The van der Waals surface area contributed by atoms with Crippen LogP contribution in [-0.2, 0) is 11.2 Å². The molecule has 0 saturated heterocycles. The Hall–Kier alpha value is -2.70. The first-order chi connectivity index (χ1) is 13.4. The van der Waals surface area contributed by atoms with Gasteiger partial charge in [0.05, 0.1) is 0 Å². The smallest absolute Gasteiger partial charge is 0.264 e. The van der Waals surface area contributed by atoms with Crippen molar-refractivity contribution in [3.8, 4) is 5.75 Å². The highest BCUT2D eigenvalue weighted by Gasteiger charge is 2.09. The molecule has 144 valence electrons. The van der Waals surface area contributed by atoms with Gasteiger partial charge in [-0.2, -0.15) is 0 Å². The maximum atomic E-state index is 12.1. The Kier molecular flexibility index (Phi) is 6.44. The summed E-state index contributed by atoms with van der Waals surface area (Å²) in [6.07, 6.45) is 2.45. The summed E-state index contributed by atoms with van der Waals surface area (Å²) >= 11 is 7.58. The van der Waals surface area contributed by atoms with E-state index in [4.69, 9.17) is 16.3 Å². The number of nitrogens with zero attached hydrogens (tertiary/aromatic N) is 1. The predicted molar refractivity (Wildman–Crippen MR) is 112 cm³/mol. The molecule has 1 aromatic heterocycles. The van der Waals surface area contributed by atoms with Crippen molar-refractivity contribution in [1.82, 2.24) is 4.98 Å². The number of hydrogen-bond donors (Lipinski definition) is 1. The van der Waals surface area contributed by atoms with Crippen molar-refractivity contribution in [1.29, 1.82) is 0 Å². The van der Waals surface area contributed by atoms with Gasteiger partial charge in [0.1, 0.15) is 5.75 Å². The van der Waals surface area contributed by atoms with E-state index in [2.05, 4.69) is 10.3 Å². The second kappa shape index (κ2) is 8.99. The van der Waals surface area contributed by atoms with Gasteiger partial charge in [-0.25, -0.2) is 4.98 Å². The zero-order chi connectivity index (χ0) is 20.1. The number of ether oxygens (including phenoxy) is 1. The Morgan fingerprint density at radius 2 is 1.93 bits per heavy atom. The predicted octanol–water partition coefficient (Wildman–Crippen LogP) is 4.92. The van der Waals surface area contributed by atoms with Crippen LogP contribution in [0.1, 0.15) is 33.3 Å². The Bertz CT molecular complexity index is 999. The molecule has 0 bridgehead atoms. The van der Waals surface area contributed by atoms with Gasteiger partial charge in [-0.15, -0.1) is 11.3 Å². The van der Waals surface area contributed by atoms with Crippen LogP contribution in [0.4, 0.5) is 5.13 Å². The summed E-state index contributed by atoms with van der Waals surface area (Å²) in [5.41, 5.74) is 2.73. The number of carbonyl (C=O) groups excluding carboxylic acids is 2. The van der Waals surface area contributed by atoms with Gasteiger partial charge in [-0.05, 0) is 55.3 Å². The summed E-state index contributed by atoms with van der Waals surface area (Å²) in [6, 6.07) is 12.6. The third kappa shape index (κ3) is 5.41. The Balaban J connectivity index is 1.52. The van der Waals surface area contributed by atoms with Crippen molar-refractivity contribution in [2.24, 2.45) is 0 Å². The number of benzene rings is 2. The van der Waals surface area contributed by atoms with Gasteiger partial charge in [-0.1, -0.05) is 23.7 Å². The average molecular weight is 415 g/mol. The number of anilines is 1. The summed E-state index contributed by atoms with van der Waals surface area (Å²) in [6.45, 7) is 3.33. The fourth-order valence-electron chi connectivity index (χ4n) is 2.48. The first-order valence-electron chi connectivity index (χ1n) is 8.64. The molecule has 0 aliphatic rings. The van der Waals surface area contributed by atoms with Crippen molar-refractivity contribution in [2.45, 2.75) is 20.3 Å². The maximum Gasteiger partial charge on any atom is 0.264 e. The van der Waals surface area contributed by atoms with E-state index in [1.165, 1.54) is 18.3 Å². The minimum Gasteiger partial charge on any atom is -0.484 e. The molecular formula is C21H19ClN2O3S. The van der Waals surface area contributed by atoms with Crippen molar-refractivity contribution in [2.75, 3.05) is 11.9 Å². The molecule has 0 aliphatic heterocycles. The molecule has 0 saturated carbocycles. The molecule has 0 radical (unpaired) electrons. The number of hydrogen-bond acceptors (Lipinski definition) is 5. The number of Topliss-reactive ketones (excluding diaryl/α,β-unsaturated/α-hetero) is 1. The molecule has 3 rings (SSSR count). The van der Waals surface area contributed by atoms with E-state index in [0.717, 1.165) is 21.0 Å². The number of rotatable bonds is 7. The third-order valence-electron chi connectivity index (χ3n) is 4.05. The lowest BCUT2D eigenvalue weighted by Crippen LogP contribution is -2.20. The van der Waals surface area contributed by atoms with Crippen molar-refractivity contribution in [3.05, 3.63) is 75.3 Å². The Morgan fingerprint density at radius 3 is 2.61 bits per heavy atom. The number of carbonyl (C=O) groups is 2. The van der Waals surface area contributed by atoms with Crippen LogP contribution in [0.2, 0.25) is 5.02 Å². The summed E-state index contributed by atoms with van der Waals surface area (Å²) in [4.78, 5) is 28.6. The molecule has 0 atom stereocenters. The number of amides is 1. The van der Waals surface area contributed by atoms with Gasteiger partial charge in [0.15, 0.2) is 17.5 Å². The van der Waals surface area contributed by atoms with E-state index < -0.39 is 0 Å². The van der Waals surface area contributed by atoms with E-state index in [9.17, 15) is 9.59 Å². The highest BCUT2D eigenvalue weighted by Crippen LogP contribution is 2.24. The van der Waals surface area contributed by atoms with Crippen molar-refractivity contribution < 1.29 is 14.3 Å². The average Bonchev–Trinajstić information content (AvgIpc) is 3.10. The molecular weight excluding hydrogens is 396 g/mol. The highest BCUT2D eigenvalue weighted by atomic mass is 35.5. The van der Waals surface area contributed by atoms with Crippen molar-refractivity contribution >= 4 is 39.8 Å². The SMILES string of the molecule is CC(=O)c1ccc(OCC(=O)Nc2ncc(Cc3ccc(C)c(Cl)c3)s2)cc1. The maximum absolute atomic E-state index is 12.1. The number of aromatic nitrogens is 1. The van der Waals surface area contributed by atoms with Crippen LogP contribution in [0.15, 0.2) is 48.7 Å². The number of aryl methyl sites for hydroxylation is 1. The van der Waals surface area contributed by atoms with Gasteiger partial charge < -0.3 is 4.74 Å². The largest absolute Gasteiger partial charge is 0.484 e. The van der Waals surface area contributed by atoms with Gasteiger partial charge in [0, 0.05) is 28.1 Å². The summed E-state index contributed by atoms with van der Waals surface area (Å²) in [7, 11) is 0. The molecule has 1 heterocycles. The fraction of sp³-hybridized carbons (Fsp3) is 0.190. The molecule has 0 spiro atoms. The number of nitrogens with one attached hydrogen (secondary N) is 1. The van der Waals surface area contributed by atoms with E-state index in [-0.39, 0.29) is 18.3 Å². The Morgan fingerprint density at radius 1 is 1.18 bits per heavy atom. The van der Waals surface area contributed by atoms with Gasteiger partial charge in [0.2, 0.25) is 0 Å². The first-order valence-corrected chi connectivity index (χ1v) is 9.83. The van der Waals surface area contributed by atoms with Gasteiger partial charge in [0.25, 0.3) is 5.91 Å². The summed E-state index contributed by atoms with van der Waals surface area (Å²) < 4.78 is 5.44. The molecule has 3 aromatic rings. The second-order valence-electron chi connectivity index (χ2n) is 6.31. The quantitative estimate of drug-likeness (QED) is 0.557. The lowest BCUT2D eigenvalue weighted by molar-refractivity contribution is -0.118. The lowest BCUT2D eigenvalue weighted by Gasteiger charge is -2.06. The van der Waals surface area contributed by atoms with Gasteiger partial charge >= 0.3 is 0 Å². The standard InChI is InChI=1S/C21H19ClN2O3S/c1-13-3-4-15(10-19(13)22)9-18-11-23-21(28-18)24-20(26)12-27-17-7-5-16(6-8-17)14(2)25/h3-8,10-11H,9,12H2,1-2H3,(H,23,24,26). The molecule has 1 amide bonds. The van der Waals surface area contributed by atoms with Crippen LogP contribution in [0.3, 0.4) is 0 Å². The molecule has 0 unspecified atom stereocenters. The van der Waals surface area contributed by atoms with E-state index >= 15 is 0 Å². The van der Waals surface area contributed by atoms with Crippen LogP contribution in [0, 0.1) is 6.92 Å². The summed E-state index contributed by atoms with van der Waals surface area (Å²) in [5, 5.41) is 3.99. The normalized spacial score (nSPS) is 10.5. The topological polar surface area (TPSA) is 68.3 Å². The molecule has 7 heteroatoms. The molecule has 1 N–H and O–H groups in total. The Labute approximate surface area is 172 Å². The van der Waals surface area contributed by atoms with E-state index in [1.54, 1.807) is 30.5 Å². The van der Waals surface area contributed by atoms with Crippen molar-refractivity contribution in [3.63, 3.8) is 0 Å². The zero-order valence-electron chi connectivity index (χ0n) is 15.5. The monoisotopic (exact) mass is 414 g/mol. The summed E-state index contributed by atoms with van der Waals surface area (Å²) in [5.74, 6) is 0.211. The zero-order valence-corrected chi connectivity index (χ0v) is 17.1. The number of halogens is 1. The molecule has 5 nitrogen and oxygen atoms in total. The third-order valence-corrected chi connectivity index (χ3v) is 5.37. The van der Waals surface area contributed by atoms with Crippen LogP contribution in [0.25, 0.3) is 0 Å². The minimum atomic E-state index is -0.296. The van der Waals surface area contributed by atoms with Crippen LogP contribution >= 0.6 is 22.9 Å². The molecule has 0 aliphatic carbocycles. The van der Waals surface area contributed by atoms with E-state index in [0.29, 0.717) is 22.9 Å². The first kappa shape index (κ1) is 20.0. The number of thiazole rings is 1. The fourth-order valence-corrected chi connectivity index (χ4v) is 3.55.